The van der Waals surface area contributed by atoms with E-state index in [0.29, 0.717) is 11.8 Å². The van der Waals surface area contributed by atoms with Gasteiger partial charge in [-0.15, -0.1) is 0 Å². The maximum atomic E-state index is 10.7. The molecule has 0 radical (unpaired) electrons. The molecule has 0 aromatic heterocycles. The van der Waals surface area contributed by atoms with Crippen molar-refractivity contribution in [2.24, 2.45) is 0 Å². The first kappa shape index (κ1) is 11.1. The van der Waals surface area contributed by atoms with Gasteiger partial charge in [-0.3, -0.25) is 4.79 Å². The van der Waals surface area contributed by atoms with Crippen LogP contribution in [0.25, 0.3) is 0 Å². The number of aldehydes is 1. The first-order valence-electron chi connectivity index (χ1n) is 4.34. The van der Waals surface area contributed by atoms with E-state index in [0.717, 1.165) is 5.56 Å². The van der Waals surface area contributed by atoms with E-state index in [9.17, 15) is 9.90 Å². The summed E-state index contributed by atoms with van der Waals surface area (Å²) in [5.41, 5.74) is 1.11. The molecule has 1 rings (SSSR count). The Morgan fingerprint density at radius 3 is 2.36 bits per heavy atom. The van der Waals surface area contributed by atoms with Crippen molar-refractivity contribution in [2.45, 2.75) is 26.2 Å². The lowest BCUT2D eigenvalue weighted by Crippen LogP contribution is -2.11. The van der Waals surface area contributed by atoms with Gasteiger partial charge in [-0.2, -0.15) is 0 Å². The Morgan fingerprint density at radius 2 is 1.93 bits per heavy atom. The summed E-state index contributed by atoms with van der Waals surface area (Å²) in [5, 5.41) is 9.60. The zero-order valence-corrected chi connectivity index (χ0v) is 9.22. The molecule has 1 aromatic carbocycles. The number of hydrogen-bond acceptors (Lipinski definition) is 2. The maximum absolute atomic E-state index is 10.7. The molecule has 2 nitrogen and oxygen atoms in total. The van der Waals surface area contributed by atoms with E-state index >= 15 is 0 Å². The van der Waals surface area contributed by atoms with Gasteiger partial charge >= 0.3 is 0 Å². The van der Waals surface area contributed by atoms with Crippen molar-refractivity contribution >= 4 is 17.9 Å². The van der Waals surface area contributed by atoms with Crippen molar-refractivity contribution in [2.75, 3.05) is 0 Å². The second-order valence-corrected chi connectivity index (χ2v) is 4.64. The maximum Gasteiger partial charge on any atom is 0.151 e. The Morgan fingerprint density at radius 1 is 1.36 bits per heavy atom. The highest BCUT2D eigenvalue weighted by Gasteiger charge is 2.17. The Hall–Kier alpha value is -1.02. The molecular formula is C11H13ClO2. The summed E-state index contributed by atoms with van der Waals surface area (Å²) in [6.07, 6.45) is 0.650. The molecule has 0 aliphatic rings. The topological polar surface area (TPSA) is 37.3 Å². The van der Waals surface area contributed by atoms with Gasteiger partial charge in [-0.05, 0) is 23.1 Å². The summed E-state index contributed by atoms with van der Waals surface area (Å²) in [6, 6.07) is 3.30. The minimum Gasteiger partial charge on any atom is -0.506 e. The summed E-state index contributed by atoms with van der Waals surface area (Å²) in [6.45, 7) is 6.01. The quantitative estimate of drug-likeness (QED) is 0.727. The monoisotopic (exact) mass is 212 g/mol. The van der Waals surface area contributed by atoms with Crippen LogP contribution in [-0.2, 0) is 5.41 Å². The van der Waals surface area contributed by atoms with Gasteiger partial charge in [-0.1, -0.05) is 32.4 Å². The lowest BCUT2D eigenvalue weighted by atomic mass is 9.86. The first-order chi connectivity index (χ1) is 6.36. The van der Waals surface area contributed by atoms with Gasteiger partial charge < -0.3 is 5.11 Å². The molecule has 1 aromatic rings. The molecule has 0 bridgehead atoms. The van der Waals surface area contributed by atoms with Gasteiger partial charge in [0.05, 0.1) is 5.02 Å². The van der Waals surface area contributed by atoms with Crippen molar-refractivity contribution in [3.05, 3.63) is 28.3 Å². The molecule has 0 spiro atoms. The summed E-state index contributed by atoms with van der Waals surface area (Å²) in [7, 11) is 0. The lowest BCUT2D eigenvalue weighted by molar-refractivity contribution is 0.112. The minimum absolute atomic E-state index is 0.0406. The van der Waals surface area contributed by atoms with E-state index in [-0.39, 0.29) is 16.2 Å². The zero-order valence-electron chi connectivity index (χ0n) is 8.47. The van der Waals surface area contributed by atoms with E-state index < -0.39 is 0 Å². The van der Waals surface area contributed by atoms with Crippen molar-refractivity contribution in [1.29, 1.82) is 0 Å². The molecule has 0 amide bonds. The number of rotatable bonds is 1. The fourth-order valence-electron chi connectivity index (χ4n) is 1.15. The van der Waals surface area contributed by atoms with Crippen LogP contribution in [0.2, 0.25) is 5.02 Å². The summed E-state index contributed by atoms with van der Waals surface area (Å²) >= 11 is 5.73. The molecule has 0 aliphatic heterocycles. The fraction of sp³-hybridized carbons (Fsp3) is 0.364. The third-order valence-electron chi connectivity index (χ3n) is 2.07. The predicted molar refractivity (Wildman–Crippen MR) is 57.2 cm³/mol. The molecule has 0 saturated carbocycles. The number of aromatic hydroxyl groups is 1. The minimum atomic E-state index is -0.111. The summed E-state index contributed by atoms with van der Waals surface area (Å²) in [5.74, 6) is -0.0406. The van der Waals surface area contributed by atoms with Crippen LogP contribution in [0.3, 0.4) is 0 Å². The fourth-order valence-corrected chi connectivity index (χ4v) is 1.30. The largest absolute Gasteiger partial charge is 0.506 e. The third-order valence-corrected chi connectivity index (χ3v) is 2.49. The third kappa shape index (κ3) is 2.07. The number of carbonyl (C=O) groups excluding carboxylic acids is 1. The van der Waals surface area contributed by atoms with Gasteiger partial charge in [0, 0.05) is 5.56 Å². The van der Waals surface area contributed by atoms with Gasteiger partial charge in [0.25, 0.3) is 0 Å². The smallest absolute Gasteiger partial charge is 0.151 e. The van der Waals surface area contributed by atoms with Crippen molar-refractivity contribution in [3.8, 4) is 5.75 Å². The molecule has 0 heterocycles. The van der Waals surface area contributed by atoms with Crippen molar-refractivity contribution in [3.63, 3.8) is 0 Å². The number of phenolic OH excluding ortho intramolecular Hbond substituents is 1. The Labute approximate surface area is 88.5 Å². The summed E-state index contributed by atoms with van der Waals surface area (Å²) in [4.78, 5) is 10.7. The number of phenols is 1. The van der Waals surface area contributed by atoms with Crippen LogP contribution in [0.1, 0.15) is 36.7 Å². The zero-order chi connectivity index (χ0) is 10.9. The Bertz CT molecular complexity index is 364. The first-order valence-corrected chi connectivity index (χ1v) is 4.72. The average molecular weight is 213 g/mol. The van der Waals surface area contributed by atoms with Crippen LogP contribution < -0.4 is 0 Å². The van der Waals surface area contributed by atoms with E-state index in [4.69, 9.17) is 11.6 Å². The molecule has 1 N–H and O–H groups in total. The predicted octanol–water partition coefficient (Wildman–Crippen LogP) is 3.16. The second kappa shape index (κ2) is 3.62. The van der Waals surface area contributed by atoms with E-state index in [2.05, 4.69) is 0 Å². The Balaban J connectivity index is 3.37. The molecule has 0 atom stereocenters. The number of carbonyl (C=O) groups is 1. The highest BCUT2D eigenvalue weighted by molar-refractivity contribution is 6.34. The van der Waals surface area contributed by atoms with Crippen molar-refractivity contribution < 1.29 is 9.90 Å². The van der Waals surface area contributed by atoms with Gasteiger partial charge in [0.2, 0.25) is 0 Å². The number of hydrogen-bond donors (Lipinski definition) is 1. The number of benzene rings is 1. The van der Waals surface area contributed by atoms with Gasteiger partial charge in [0.1, 0.15) is 5.75 Å². The SMILES string of the molecule is CC(C)(C)c1cc(O)c(Cl)c(C=O)c1. The molecule has 76 valence electrons. The standard InChI is InChI=1S/C11H13ClO2/c1-11(2,3)8-4-7(6-13)10(12)9(14)5-8/h4-6,14H,1-3H3. The van der Waals surface area contributed by atoms with E-state index in [1.54, 1.807) is 12.1 Å². The highest BCUT2D eigenvalue weighted by Crippen LogP contribution is 2.32. The van der Waals surface area contributed by atoms with E-state index in [1.807, 2.05) is 20.8 Å². The molecule has 0 fully saturated rings. The van der Waals surface area contributed by atoms with Crippen LogP contribution in [0, 0.1) is 0 Å². The normalized spacial score (nSPS) is 11.4. The molecule has 0 unspecified atom stereocenters. The number of halogens is 1. The van der Waals surface area contributed by atoms with Crippen LogP contribution in [0.5, 0.6) is 5.75 Å². The van der Waals surface area contributed by atoms with Gasteiger partial charge in [-0.25, -0.2) is 0 Å². The molecule has 0 aliphatic carbocycles. The lowest BCUT2D eigenvalue weighted by Gasteiger charge is -2.20. The van der Waals surface area contributed by atoms with E-state index in [1.165, 1.54) is 0 Å². The highest BCUT2D eigenvalue weighted by atomic mass is 35.5. The molecule has 0 saturated heterocycles. The van der Waals surface area contributed by atoms with Crippen LogP contribution >= 0.6 is 11.6 Å². The Kier molecular flexibility index (Phi) is 2.86. The molecule has 3 heteroatoms. The van der Waals surface area contributed by atoms with Crippen LogP contribution in [0.4, 0.5) is 0 Å². The molecule has 14 heavy (non-hydrogen) atoms. The van der Waals surface area contributed by atoms with Crippen LogP contribution in [-0.4, -0.2) is 11.4 Å². The molecular weight excluding hydrogens is 200 g/mol. The van der Waals surface area contributed by atoms with Gasteiger partial charge in [0.15, 0.2) is 6.29 Å². The average Bonchev–Trinajstić information content (AvgIpc) is 2.07. The van der Waals surface area contributed by atoms with Crippen molar-refractivity contribution in [1.82, 2.24) is 0 Å². The second-order valence-electron chi connectivity index (χ2n) is 4.27. The van der Waals surface area contributed by atoms with Crippen LogP contribution in [0.15, 0.2) is 12.1 Å². The summed E-state index contributed by atoms with van der Waals surface area (Å²) < 4.78 is 0.